The zero-order chi connectivity index (χ0) is 29.1. The Bertz CT molecular complexity index is 1100. The Morgan fingerprint density at radius 2 is 1.50 bits per heavy atom. The summed E-state index contributed by atoms with van der Waals surface area (Å²) in [7, 11) is 0. The van der Waals surface area contributed by atoms with Crippen molar-refractivity contribution in [2.75, 3.05) is 5.32 Å². The van der Waals surface area contributed by atoms with Crippen LogP contribution in [-0.2, 0) is 31.1 Å². The van der Waals surface area contributed by atoms with E-state index in [2.05, 4.69) is 41.7 Å². The summed E-state index contributed by atoms with van der Waals surface area (Å²) in [6.45, 7) is 18.6. The van der Waals surface area contributed by atoms with Gasteiger partial charge in [-0.2, -0.15) is 0 Å². The number of anilines is 1. The molecule has 3 aliphatic rings. The second-order valence-electron chi connectivity index (χ2n) is 12.6. The van der Waals surface area contributed by atoms with E-state index >= 15 is 0 Å². The molecule has 0 radical (unpaired) electrons. The summed E-state index contributed by atoms with van der Waals surface area (Å²) < 4.78 is 4.95. The molecule has 2 unspecified atom stereocenters. The third-order valence-corrected chi connectivity index (χ3v) is 7.66. The summed E-state index contributed by atoms with van der Waals surface area (Å²) in [5, 5.41) is 6.76. The van der Waals surface area contributed by atoms with Gasteiger partial charge in [0.15, 0.2) is 0 Å². The van der Waals surface area contributed by atoms with Crippen LogP contribution in [0.1, 0.15) is 86.3 Å². The van der Waals surface area contributed by atoms with E-state index in [0.717, 1.165) is 22.9 Å². The molecule has 3 N–H and O–H groups in total. The van der Waals surface area contributed by atoms with Crippen LogP contribution < -0.4 is 16.0 Å². The van der Waals surface area contributed by atoms with Crippen molar-refractivity contribution in [2.24, 2.45) is 16.7 Å². The molecule has 0 bridgehead atoms. The molecule has 4 rings (SSSR count). The first-order valence-corrected chi connectivity index (χ1v) is 13.5. The zero-order valence-corrected chi connectivity index (χ0v) is 24.6. The number of rotatable bonds is 0. The summed E-state index contributed by atoms with van der Waals surface area (Å²) in [5.41, 5.74) is 1.99. The molecule has 210 valence electrons. The minimum Gasteiger partial charge on any atom is -0.444 e. The average Bonchev–Trinajstić information content (AvgIpc) is 3.11. The highest BCUT2D eigenvalue weighted by Gasteiger charge is 2.40. The van der Waals surface area contributed by atoms with Gasteiger partial charge in [-0.15, -0.1) is 0 Å². The van der Waals surface area contributed by atoms with E-state index in [1.807, 2.05) is 47.6 Å². The van der Waals surface area contributed by atoms with Gasteiger partial charge in [0, 0.05) is 24.1 Å². The summed E-state index contributed by atoms with van der Waals surface area (Å²) in [6.07, 6.45) is 2.45. The first kappa shape index (κ1) is 31.3. The fourth-order valence-electron chi connectivity index (χ4n) is 4.17. The fraction of sp³-hybridized carbons (Fsp3) is 0.630. The van der Waals surface area contributed by atoms with Gasteiger partial charge < -0.3 is 4.74 Å². The van der Waals surface area contributed by atoms with Crippen LogP contribution in [-0.4, -0.2) is 39.3 Å². The lowest BCUT2D eigenvalue weighted by Gasteiger charge is -2.31. The van der Waals surface area contributed by atoms with Crippen LogP contribution in [0, 0.1) is 16.7 Å². The van der Waals surface area contributed by atoms with Gasteiger partial charge in [-0.25, -0.2) is 9.78 Å². The van der Waals surface area contributed by atoms with Crippen molar-refractivity contribution >= 4 is 46.6 Å². The van der Waals surface area contributed by atoms with Crippen molar-refractivity contribution in [1.82, 2.24) is 15.6 Å². The topological polar surface area (TPSA) is 144 Å². The Hall–Kier alpha value is -2.95. The third kappa shape index (κ3) is 8.54. The molecule has 3 aliphatic heterocycles. The normalized spacial score (nSPS) is 21.4. The molecule has 0 aromatic carbocycles. The monoisotopic (exact) mass is 548 g/mol. The van der Waals surface area contributed by atoms with Crippen molar-refractivity contribution in [3.05, 3.63) is 23.4 Å². The second-order valence-corrected chi connectivity index (χ2v) is 13.7. The molecular weight excluding hydrogens is 508 g/mol. The SMILES string of the molecule is CC(C)(C)C1CCC(=O)NC1=O.CC(C)(C)C1SC(=O)NC1=O.CC(C)(C)c1ccnc2c1COC(=O)N2. The number of amides is 5. The standard InChI is InChI=1S/C11H14N2O2.C9H15NO2.C7H11NO2S/c1-11(2,3)8-4-5-12-9-7(8)6-15-10(14)13-9;1-9(2,3)6-4-5-7(11)10-8(6)12;1-7(2,3)4-5(9)8-6(10)11-4/h4-5H,6H2,1-3H3,(H,12,13,14);6H,4-5H2,1-3H3,(H,10,11,12);4H,1-3H3,(H,8,9,10). The van der Waals surface area contributed by atoms with Crippen molar-refractivity contribution in [3.8, 4) is 0 Å². The predicted octanol–water partition coefficient (Wildman–Crippen LogP) is 4.91. The average molecular weight is 549 g/mol. The minimum atomic E-state index is -0.430. The molecule has 10 nitrogen and oxygen atoms in total. The van der Waals surface area contributed by atoms with Gasteiger partial charge >= 0.3 is 6.09 Å². The summed E-state index contributed by atoms with van der Waals surface area (Å²) in [4.78, 5) is 59.1. The number of hydrogen-bond acceptors (Lipinski definition) is 8. The van der Waals surface area contributed by atoms with Crippen molar-refractivity contribution in [3.63, 3.8) is 0 Å². The van der Waals surface area contributed by atoms with E-state index in [1.54, 1.807) is 6.20 Å². The molecule has 1 aromatic rings. The van der Waals surface area contributed by atoms with Crippen LogP contribution in [0.3, 0.4) is 0 Å². The van der Waals surface area contributed by atoms with Gasteiger partial charge in [-0.1, -0.05) is 74.1 Å². The Kier molecular flexibility index (Phi) is 9.74. The largest absolute Gasteiger partial charge is 0.444 e. The van der Waals surface area contributed by atoms with E-state index in [1.165, 1.54) is 0 Å². The van der Waals surface area contributed by atoms with Crippen molar-refractivity contribution < 1.29 is 28.7 Å². The number of imide groups is 2. The quantitative estimate of drug-likeness (QED) is 0.388. The Balaban J connectivity index is 0.000000203. The van der Waals surface area contributed by atoms with Crippen LogP contribution in [0.25, 0.3) is 0 Å². The van der Waals surface area contributed by atoms with Gasteiger partial charge in [0.25, 0.3) is 5.24 Å². The molecule has 0 saturated carbocycles. The van der Waals surface area contributed by atoms with Crippen LogP contribution in [0.5, 0.6) is 0 Å². The van der Waals surface area contributed by atoms with Crippen molar-refractivity contribution in [2.45, 2.75) is 92.4 Å². The van der Waals surface area contributed by atoms with E-state index in [0.29, 0.717) is 25.3 Å². The number of cyclic esters (lactones) is 1. The van der Waals surface area contributed by atoms with Gasteiger partial charge in [-0.05, 0) is 34.3 Å². The molecule has 5 amide bonds. The van der Waals surface area contributed by atoms with Crippen LogP contribution in [0.2, 0.25) is 0 Å². The number of piperidine rings is 1. The molecule has 0 spiro atoms. The highest BCUT2D eigenvalue weighted by Crippen LogP contribution is 2.34. The summed E-state index contributed by atoms with van der Waals surface area (Å²) >= 11 is 1.08. The maximum atomic E-state index is 11.3. The summed E-state index contributed by atoms with van der Waals surface area (Å²) in [5.74, 6) is 0.195. The smallest absolute Gasteiger partial charge is 0.413 e. The first-order valence-electron chi connectivity index (χ1n) is 12.6. The number of hydrogen-bond donors (Lipinski definition) is 3. The molecule has 2 fully saturated rings. The maximum absolute atomic E-state index is 11.3. The second kappa shape index (κ2) is 11.8. The third-order valence-electron chi connectivity index (χ3n) is 6.19. The molecule has 38 heavy (non-hydrogen) atoms. The number of nitrogens with zero attached hydrogens (tertiary/aromatic N) is 1. The number of carbonyl (C=O) groups is 5. The van der Waals surface area contributed by atoms with Gasteiger partial charge in [0.1, 0.15) is 12.4 Å². The maximum Gasteiger partial charge on any atom is 0.413 e. The molecular formula is C27H40N4O6S. The minimum absolute atomic E-state index is 0.0183. The zero-order valence-electron chi connectivity index (χ0n) is 23.7. The lowest BCUT2D eigenvalue weighted by Crippen LogP contribution is -2.45. The molecule has 11 heteroatoms. The van der Waals surface area contributed by atoms with Crippen LogP contribution in [0.15, 0.2) is 12.3 Å². The number of nitrogens with one attached hydrogen (secondary N) is 3. The number of carbonyl (C=O) groups excluding carboxylic acids is 5. The van der Waals surface area contributed by atoms with Crippen molar-refractivity contribution in [1.29, 1.82) is 0 Å². The van der Waals surface area contributed by atoms with E-state index < -0.39 is 6.09 Å². The van der Waals surface area contributed by atoms with Gasteiger partial charge in [0.05, 0.1) is 5.25 Å². The van der Waals surface area contributed by atoms with E-state index in [9.17, 15) is 24.0 Å². The molecule has 1 aromatic heterocycles. The molecule has 2 saturated heterocycles. The lowest BCUT2D eigenvalue weighted by atomic mass is 9.76. The Morgan fingerprint density at radius 1 is 0.868 bits per heavy atom. The number of fused-ring (bicyclic) bond motifs is 1. The van der Waals surface area contributed by atoms with Crippen LogP contribution >= 0.6 is 11.8 Å². The first-order chi connectivity index (χ1) is 17.3. The Labute approximate surface area is 228 Å². The summed E-state index contributed by atoms with van der Waals surface area (Å²) in [6, 6.07) is 1.97. The number of pyridine rings is 1. The van der Waals surface area contributed by atoms with E-state index in [4.69, 9.17) is 4.74 Å². The number of ether oxygens (including phenoxy) is 1. The number of aromatic nitrogens is 1. The highest BCUT2D eigenvalue weighted by atomic mass is 32.2. The van der Waals surface area contributed by atoms with Gasteiger partial charge in [-0.3, -0.25) is 35.1 Å². The Morgan fingerprint density at radius 3 is 1.95 bits per heavy atom. The molecule has 4 heterocycles. The number of thioether (sulfide) groups is 1. The fourth-order valence-corrected chi connectivity index (χ4v) is 5.06. The molecule has 2 atom stereocenters. The predicted molar refractivity (Wildman–Crippen MR) is 146 cm³/mol. The lowest BCUT2D eigenvalue weighted by molar-refractivity contribution is -0.139. The van der Waals surface area contributed by atoms with E-state index in [-0.39, 0.29) is 50.4 Å². The molecule has 0 aliphatic carbocycles. The van der Waals surface area contributed by atoms with Gasteiger partial charge in [0.2, 0.25) is 17.7 Å². The highest BCUT2D eigenvalue weighted by molar-refractivity contribution is 8.15. The van der Waals surface area contributed by atoms with Crippen LogP contribution in [0.4, 0.5) is 15.4 Å².